The number of hydroxylamine groups is 1. The van der Waals surface area contributed by atoms with Gasteiger partial charge in [-0.05, 0) is 32.9 Å². The Bertz CT molecular complexity index is 1030. The van der Waals surface area contributed by atoms with Gasteiger partial charge in [0.1, 0.15) is 24.1 Å². The first-order valence-corrected chi connectivity index (χ1v) is 9.52. The summed E-state index contributed by atoms with van der Waals surface area (Å²) >= 11 is 0. The van der Waals surface area contributed by atoms with Crippen LogP contribution < -0.4 is 27.0 Å². The number of anilines is 1. The second-order valence-corrected chi connectivity index (χ2v) is 7.51. The van der Waals surface area contributed by atoms with E-state index in [1.54, 1.807) is 31.2 Å². The van der Waals surface area contributed by atoms with Crippen molar-refractivity contribution in [2.24, 2.45) is 5.73 Å². The van der Waals surface area contributed by atoms with Gasteiger partial charge in [-0.1, -0.05) is 12.1 Å². The Labute approximate surface area is 184 Å². The predicted octanol–water partition coefficient (Wildman–Crippen LogP) is 0.465. The molecule has 1 heterocycles. The highest BCUT2D eigenvalue weighted by molar-refractivity contribution is 6.00. The zero-order valence-electron chi connectivity index (χ0n) is 17.9. The van der Waals surface area contributed by atoms with Crippen LogP contribution in [0.1, 0.15) is 36.7 Å². The number of aliphatic hydroxyl groups is 1. The molecule has 170 valence electrons. The summed E-state index contributed by atoms with van der Waals surface area (Å²) in [5, 5.41) is 21.2. The quantitative estimate of drug-likeness (QED) is 0.342. The molecule has 1 atom stereocenters. The Hall–Kier alpha value is -3.95. The Balaban J connectivity index is 2.40. The number of nitrogens with zero attached hydrogens (tertiary/aromatic N) is 3. The standard InChI is InChI=1S/C20H25N7O5/c1-11(9-24-19(23)29)32-18-14(17(28)27-31-10-20(2,3)30)15(22)25-16(26-18)13-6-4-5-12(7-13)8-21/h4-7,11,30H,9-10H2,1-3H3,(H,27,28)(H2,22,25,26)(H3,23,24,29). The van der Waals surface area contributed by atoms with Crippen molar-refractivity contribution in [1.82, 2.24) is 20.8 Å². The van der Waals surface area contributed by atoms with Gasteiger partial charge in [-0.3, -0.25) is 9.63 Å². The van der Waals surface area contributed by atoms with Gasteiger partial charge in [0, 0.05) is 5.56 Å². The van der Waals surface area contributed by atoms with Crippen LogP contribution in [-0.4, -0.2) is 51.9 Å². The number of amides is 3. The van der Waals surface area contributed by atoms with E-state index in [0.717, 1.165) is 0 Å². The average Bonchev–Trinajstić information content (AvgIpc) is 2.71. The lowest BCUT2D eigenvalue weighted by atomic mass is 10.1. The smallest absolute Gasteiger partial charge is 0.312 e. The molecule has 12 nitrogen and oxygen atoms in total. The normalized spacial score (nSPS) is 11.8. The fourth-order valence-corrected chi connectivity index (χ4v) is 2.42. The van der Waals surface area contributed by atoms with Crippen molar-refractivity contribution >= 4 is 17.8 Å². The Morgan fingerprint density at radius 1 is 1.34 bits per heavy atom. The molecule has 32 heavy (non-hydrogen) atoms. The molecule has 1 aromatic carbocycles. The molecule has 0 aliphatic heterocycles. The van der Waals surface area contributed by atoms with E-state index in [4.69, 9.17) is 26.3 Å². The highest BCUT2D eigenvalue weighted by Crippen LogP contribution is 2.27. The first-order chi connectivity index (χ1) is 15.0. The number of nitrogen functional groups attached to an aromatic ring is 1. The molecule has 12 heteroatoms. The molecular weight excluding hydrogens is 418 g/mol. The first kappa shape index (κ1) is 24.3. The maximum atomic E-state index is 12.7. The van der Waals surface area contributed by atoms with E-state index < -0.39 is 23.6 Å². The number of benzene rings is 1. The fraction of sp³-hybridized carbons (Fsp3) is 0.350. The minimum absolute atomic E-state index is 0.0365. The fourth-order valence-electron chi connectivity index (χ4n) is 2.42. The third kappa shape index (κ3) is 7.08. The van der Waals surface area contributed by atoms with Crippen molar-refractivity contribution < 1.29 is 24.3 Å². The zero-order valence-corrected chi connectivity index (χ0v) is 17.9. The van der Waals surface area contributed by atoms with Gasteiger partial charge in [-0.2, -0.15) is 10.2 Å². The van der Waals surface area contributed by atoms with Crippen molar-refractivity contribution in [3.8, 4) is 23.3 Å². The summed E-state index contributed by atoms with van der Waals surface area (Å²) in [7, 11) is 0. The van der Waals surface area contributed by atoms with Crippen LogP contribution in [0.25, 0.3) is 11.4 Å². The minimum Gasteiger partial charge on any atom is -0.472 e. The van der Waals surface area contributed by atoms with Crippen LogP contribution >= 0.6 is 0 Å². The largest absolute Gasteiger partial charge is 0.472 e. The number of rotatable bonds is 9. The van der Waals surface area contributed by atoms with Gasteiger partial charge in [-0.25, -0.2) is 15.3 Å². The summed E-state index contributed by atoms with van der Waals surface area (Å²) in [6, 6.07) is 7.77. The van der Waals surface area contributed by atoms with Crippen LogP contribution in [-0.2, 0) is 4.84 Å². The van der Waals surface area contributed by atoms with Crippen LogP contribution in [0.5, 0.6) is 5.88 Å². The van der Waals surface area contributed by atoms with E-state index in [-0.39, 0.29) is 36.2 Å². The number of nitrogens with one attached hydrogen (secondary N) is 2. The SMILES string of the molecule is CC(CNC(N)=O)Oc1nc(-c2cccc(C#N)c2)nc(N)c1C(=O)NOCC(C)(C)O. The van der Waals surface area contributed by atoms with Gasteiger partial charge < -0.3 is 26.6 Å². The Morgan fingerprint density at radius 2 is 2.06 bits per heavy atom. The highest BCUT2D eigenvalue weighted by atomic mass is 16.7. The summed E-state index contributed by atoms with van der Waals surface area (Å²) in [5.41, 5.74) is 12.8. The molecule has 0 aliphatic rings. The monoisotopic (exact) mass is 443 g/mol. The van der Waals surface area contributed by atoms with Crippen molar-refractivity contribution in [3.63, 3.8) is 0 Å². The molecule has 2 aromatic rings. The number of carbonyl (C=O) groups excluding carboxylic acids is 2. The van der Waals surface area contributed by atoms with Crippen LogP contribution in [0.3, 0.4) is 0 Å². The number of hydrogen-bond donors (Lipinski definition) is 5. The van der Waals surface area contributed by atoms with E-state index in [2.05, 4.69) is 20.8 Å². The van der Waals surface area contributed by atoms with Crippen LogP contribution in [0, 0.1) is 11.3 Å². The maximum absolute atomic E-state index is 12.7. The average molecular weight is 443 g/mol. The van der Waals surface area contributed by atoms with Gasteiger partial charge in [0.2, 0.25) is 5.88 Å². The molecule has 0 bridgehead atoms. The number of ether oxygens (including phenoxy) is 1. The molecule has 0 spiro atoms. The summed E-state index contributed by atoms with van der Waals surface area (Å²) < 4.78 is 5.73. The molecule has 0 radical (unpaired) electrons. The van der Waals surface area contributed by atoms with Crippen molar-refractivity contribution in [3.05, 3.63) is 35.4 Å². The van der Waals surface area contributed by atoms with Gasteiger partial charge in [-0.15, -0.1) is 0 Å². The number of primary amides is 1. The maximum Gasteiger partial charge on any atom is 0.312 e. The Morgan fingerprint density at radius 3 is 2.69 bits per heavy atom. The lowest BCUT2D eigenvalue weighted by Gasteiger charge is -2.19. The molecule has 7 N–H and O–H groups in total. The number of urea groups is 1. The molecule has 1 unspecified atom stereocenters. The number of nitrogens with two attached hydrogens (primary N) is 2. The third-order valence-electron chi connectivity index (χ3n) is 3.85. The minimum atomic E-state index is -1.18. The highest BCUT2D eigenvalue weighted by Gasteiger charge is 2.24. The van der Waals surface area contributed by atoms with Crippen molar-refractivity contribution in [2.75, 3.05) is 18.9 Å². The number of nitriles is 1. The van der Waals surface area contributed by atoms with Crippen LogP contribution in [0.15, 0.2) is 24.3 Å². The zero-order chi connectivity index (χ0) is 23.9. The number of aromatic nitrogens is 2. The van der Waals surface area contributed by atoms with Gasteiger partial charge in [0.05, 0.1) is 23.8 Å². The third-order valence-corrected chi connectivity index (χ3v) is 3.85. The molecule has 0 fully saturated rings. The van der Waals surface area contributed by atoms with E-state index in [0.29, 0.717) is 11.1 Å². The molecule has 0 saturated heterocycles. The summed E-state index contributed by atoms with van der Waals surface area (Å²) in [4.78, 5) is 37.1. The summed E-state index contributed by atoms with van der Waals surface area (Å²) in [6.45, 7) is 4.48. The number of hydrogen-bond acceptors (Lipinski definition) is 9. The first-order valence-electron chi connectivity index (χ1n) is 9.52. The van der Waals surface area contributed by atoms with Gasteiger partial charge in [0.25, 0.3) is 5.91 Å². The summed E-state index contributed by atoms with van der Waals surface area (Å²) in [6.07, 6.45) is -0.640. The van der Waals surface area contributed by atoms with Gasteiger partial charge in [0.15, 0.2) is 5.82 Å². The van der Waals surface area contributed by atoms with Crippen LogP contribution in [0.4, 0.5) is 10.6 Å². The molecule has 3 amide bonds. The molecule has 1 aromatic heterocycles. The van der Waals surface area contributed by atoms with Crippen molar-refractivity contribution in [2.45, 2.75) is 32.5 Å². The second-order valence-electron chi connectivity index (χ2n) is 7.51. The second kappa shape index (κ2) is 10.4. The lowest BCUT2D eigenvalue weighted by molar-refractivity contribution is -0.0523. The molecule has 2 rings (SSSR count). The molecule has 0 saturated carbocycles. The predicted molar refractivity (Wildman–Crippen MR) is 114 cm³/mol. The summed E-state index contributed by atoms with van der Waals surface area (Å²) in [5.74, 6) is -1.04. The number of carbonyl (C=O) groups is 2. The van der Waals surface area contributed by atoms with Crippen molar-refractivity contribution in [1.29, 1.82) is 5.26 Å². The topological polar surface area (TPSA) is 198 Å². The van der Waals surface area contributed by atoms with E-state index in [1.165, 1.54) is 13.8 Å². The molecular formula is C20H25N7O5. The van der Waals surface area contributed by atoms with E-state index >= 15 is 0 Å². The van der Waals surface area contributed by atoms with E-state index in [9.17, 15) is 14.7 Å². The van der Waals surface area contributed by atoms with Crippen LogP contribution in [0.2, 0.25) is 0 Å². The van der Waals surface area contributed by atoms with E-state index in [1.807, 2.05) is 6.07 Å². The van der Waals surface area contributed by atoms with Gasteiger partial charge >= 0.3 is 6.03 Å². The molecule has 0 aliphatic carbocycles. The Kier molecular flexibility index (Phi) is 7.89. The lowest BCUT2D eigenvalue weighted by Crippen LogP contribution is -2.37.